The summed E-state index contributed by atoms with van der Waals surface area (Å²) < 4.78 is 27.8. The molecule has 0 bridgehead atoms. The summed E-state index contributed by atoms with van der Waals surface area (Å²) in [6.07, 6.45) is 0. The molecule has 0 fully saturated rings. The molecule has 0 radical (unpaired) electrons. The van der Waals surface area contributed by atoms with Crippen molar-refractivity contribution in [3.8, 4) is 0 Å². The molecule has 0 heterocycles. The largest absolute Gasteiger partial charge is 0.331 e. The van der Waals surface area contributed by atoms with Gasteiger partial charge in [-0.1, -0.05) is 51.8 Å². The number of carbonyl (C=O) groups excluding carboxylic acids is 1. The van der Waals surface area contributed by atoms with E-state index in [0.29, 0.717) is 9.50 Å². The molecule has 0 aliphatic heterocycles. The summed E-state index contributed by atoms with van der Waals surface area (Å²) in [4.78, 5) is 15.1. The molecular weight excluding hydrogens is 580 g/mol. The molecule has 0 aliphatic rings. The average molecular weight is 601 g/mol. The standard InChI is InChI=1S/C23H21Br2ClN2O3S/c1-27(2)32(30,31)21-14-17(8-13-20(21)25)23(29)28(3)22(15-4-9-18(24)10-5-15)16-6-11-19(26)12-7-16/h4-14,22H,1-3H3. The molecule has 0 saturated heterocycles. The Hall–Kier alpha value is -1.71. The summed E-state index contributed by atoms with van der Waals surface area (Å²) in [5.41, 5.74) is 2.06. The Morgan fingerprint density at radius 3 is 1.94 bits per heavy atom. The highest BCUT2D eigenvalue weighted by Gasteiger charge is 2.27. The number of hydrogen-bond acceptors (Lipinski definition) is 3. The molecule has 0 saturated carbocycles. The van der Waals surface area contributed by atoms with Crippen molar-refractivity contribution in [1.29, 1.82) is 0 Å². The van der Waals surface area contributed by atoms with Crippen LogP contribution in [0.4, 0.5) is 0 Å². The lowest BCUT2D eigenvalue weighted by molar-refractivity contribution is 0.0755. The van der Waals surface area contributed by atoms with Gasteiger partial charge in [0, 0.05) is 40.7 Å². The van der Waals surface area contributed by atoms with E-state index < -0.39 is 16.1 Å². The van der Waals surface area contributed by atoms with Crippen molar-refractivity contribution in [2.24, 2.45) is 0 Å². The van der Waals surface area contributed by atoms with Crippen molar-refractivity contribution >= 4 is 59.4 Å². The minimum atomic E-state index is -3.73. The zero-order valence-corrected chi connectivity index (χ0v) is 22.3. The Balaban J connectivity index is 2.07. The fraction of sp³-hybridized carbons (Fsp3) is 0.174. The summed E-state index contributed by atoms with van der Waals surface area (Å²) in [6.45, 7) is 0. The smallest absolute Gasteiger partial charge is 0.254 e. The molecule has 1 amide bonds. The van der Waals surface area contributed by atoms with Crippen LogP contribution in [-0.2, 0) is 10.0 Å². The molecule has 1 unspecified atom stereocenters. The van der Waals surface area contributed by atoms with E-state index in [9.17, 15) is 13.2 Å². The van der Waals surface area contributed by atoms with Crippen LogP contribution in [0.5, 0.6) is 0 Å². The summed E-state index contributed by atoms with van der Waals surface area (Å²) >= 11 is 12.8. The fourth-order valence-electron chi connectivity index (χ4n) is 3.28. The highest BCUT2D eigenvalue weighted by atomic mass is 79.9. The quantitative estimate of drug-likeness (QED) is 0.350. The summed E-state index contributed by atoms with van der Waals surface area (Å²) in [7, 11) is 0.874. The lowest BCUT2D eigenvalue weighted by atomic mass is 9.97. The first-order valence-corrected chi connectivity index (χ1v) is 12.9. The van der Waals surface area contributed by atoms with Crippen LogP contribution in [0.15, 0.2) is 80.6 Å². The predicted octanol–water partition coefficient (Wildman–Crippen LogP) is 5.98. The maximum atomic E-state index is 13.5. The van der Waals surface area contributed by atoms with Gasteiger partial charge in [-0.3, -0.25) is 4.79 Å². The Kier molecular flexibility index (Phi) is 7.83. The van der Waals surface area contributed by atoms with Crippen LogP contribution in [-0.4, -0.2) is 44.7 Å². The van der Waals surface area contributed by atoms with Crippen LogP contribution < -0.4 is 0 Å². The van der Waals surface area contributed by atoms with Gasteiger partial charge >= 0.3 is 0 Å². The van der Waals surface area contributed by atoms with Crippen LogP contribution in [0, 0.1) is 0 Å². The van der Waals surface area contributed by atoms with Gasteiger partial charge in [-0.15, -0.1) is 0 Å². The lowest BCUT2D eigenvalue weighted by Crippen LogP contribution is -2.32. The number of sulfonamides is 1. The van der Waals surface area contributed by atoms with Crippen LogP contribution in [0.1, 0.15) is 27.5 Å². The second-order valence-corrected chi connectivity index (χ2v) is 11.7. The number of hydrogen-bond donors (Lipinski definition) is 0. The monoisotopic (exact) mass is 598 g/mol. The minimum Gasteiger partial charge on any atom is -0.331 e. The van der Waals surface area contributed by atoms with Gasteiger partial charge in [-0.05, 0) is 69.5 Å². The summed E-state index contributed by atoms with van der Waals surface area (Å²) in [5.74, 6) is -0.310. The first-order valence-electron chi connectivity index (χ1n) is 9.52. The van der Waals surface area contributed by atoms with Crippen molar-refractivity contribution in [2.75, 3.05) is 21.1 Å². The second-order valence-electron chi connectivity index (χ2n) is 7.35. The Morgan fingerprint density at radius 2 is 1.41 bits per heavy atom. The van der Waals surface area contributed by atoms with Crippen molar-refractivity contribution in [1.82, 2.24) is 9.21 Å². The summed E-state index contributed by atoms with van der Waals surface area (Å²) in [5, 5.41) is 0.601. The molecule has 168 valence electrons. The van der Waals surface area contributed by atoms with Crippen molar-refractivity contribution in [3.63, 3.8) is 0 Å². The van der Waals surface area contributed by atoms with Crippen LogP contribution in [0.3, 0.4) is 0 Å². The van der Waals surface area contributed by atoms with E-state index in [1.54, 1.807) is 36.2 Å². The molecule has 32 heavy (non-hydrogen) atoms. The Morgan fingerprint density at radius 1 is 0.875 bits per heavy atom. The number of benzene rings is 3. The van der Waals surface area contributed by atoms with Gasteiger partial charge in [0.1, 0.15) is 0 Å². The van der Waals surface area contributed by atoms with Gasteiger partial charge in [-0.25, -0.2) is 12.7 Å². The second kappa shape index (κ2) is 10.1. The molecule has 1 atom stereocenters. The molecule has 0 aliphatic carbocycles. The highest BCUT2D eigenvalue weighted by Crippen LogP contribution is 2.32. The third-order valence-corrected chi connectivity index (χ3v) is 8.61. The van der Waals surface area contributed by atoms with Gasteiger partial charge in [-0.2, -0.15) is 0 Å². The SMILES string of the molecule is CN(C(=O)c1ccc(Br)c(S(=O)(=O)N(C)C)c1)C(c1ccc(Cl)cc1)c1ccc(Br)cc1. The normalized spacial score (nSPS) is 12.6. The zero-order chi connectivity index (χ0) is 23.6. The molecule has 3 aromatic rings. The van der Waals surface area contributed by atoms with E-state index in [-0.39, 0.29) is 16.4 Å². The van der Waals surface area contributed by atoms with Gasteiger partial charge in [0.2, 0.25) is 10.0 Å². The minimum absolute atomic E-state index is 0.0356. The number of rotatable bonds is 6. The number of nitrogens with zero attached hydrogens (tertiary/aromatic N) is 2. The fourth-order valence-corrected chi connectivity index (χ4v) is 5.52. The van der Waals surface area contributed by atoms with Crippen LogP contribution in [0.2, 0.25) is 5.02 Å². The Labute approximate surface area is 210 Å². The molecular formula is C23H21Br2ClN2O3S. The molecule has 3 rings (SSSR count). The highest BCUT2D eigenvalue weighted by molar-refractivity contribution is 9.10. The third-order valence-electron chi connectivity index (χ3n) is 5.02. The van der Waals surface area contributed by atoms with Crippen molar-refractivity contribution in [3.05, 3.63) is 97.4 Å². The Bertz CT molecular complexity index is 1190. The van der Waals surface area contributed by atoms with E-state index >= 15 is 0 Å². The number of amides is 1. The molecule has 0 spiro atoms. The molecule has 9 heteroatoms. The average Bonchev–Trinajstić information content (AvgIpc) is 2.76. The zero-order valence-electron chi connectivity index (χ0n) is 17.6. The third kappa shape index (κ3) is 5.26. The topological polar surface area (TPSA) is 57.7 Å². The van der Waals surface area contributed by atoms with Crippen LogP contribution in [0.25, 0.3) is 0 Å². The van der Waals surface area contributed by atoms with Crippen molar-refractivity contribution < 1.29 is 13.2 Å². The molecule has 0 N–H and O–H groups in total. The van der Waals surface area contributed by atoms with E-state index in [2.05, 4.69) is 31.9 Å². The van der Waals surface area contributed by atoms with Crippen molar-refractivity contribution in [2.45, 2.75) is 10.9 Å². The molecule has 5 nitrogen and oxygen atoms in total. The number of halogens is 3. The van der Waals surface area contributed by atoms with E-state index in [1.807, 2.05) is 36.4 Å². The van der Waals surface area contributed by atoms with E-state index in [0.717, 1.165) is 19.9 Å². The first-order chi connectivity index (χ1) is 15.0. The maximum absolute atomic E-state index is 13.5. The predicted molar refractivity (Wildman–Crippen MR) is 135 cm³/mol. The van der Waals surface area contributed by atoms with E-state index in [4.69, 9.17) is 11.6 Å². The lowest BCUT2D eigenvalue weighted by Gasteiger charge is -2.29. The summed E-state index contributed by atoms with van der Waals surface area (Å²) in [6, 6.07) is 19.2. The van der Waals surface area contributed by atoms with Gasteiger partial charge in [0.25, 0.3) is 5.91 Å². The van der Waals surface area contributed by atoms with Gasteiger partial charge in [0.15, 0.2) is 0 Å². The van der Waals surface area contributed by atoms with E-state index in [1.165, 1.54) is 20.2 Å². The first kappa shape index (κ1) is 24.9. The van der Waals surface area contributed by atoms with Gasteiger partial charge < -0.3 is 4.90 Å². The molecule has 3 aromatic carbocycles. The number of carbonyl (C=O) groups is 1. The molecule has 0 aromatic heterocycles. The maximum Gasteiger partial charge on any atom is 0.254 e. The van der Waals surface area contributed by atoms with Crippen LogP contribution >= 0.6 is 43.5 Å². The van der Waals surface area contributed by atoms with Gasteiger partial charge in [0.05, 0.1) is 10.9 Å².